The third kappa shape index (κ3) is 2.01. The van der Waals surface area contributed by atoms with Gasteiger partial charge >= 0.3 is 0 Å². The Hall–Kier alpha value is -0.740. The van der Waals surface area contributed by atoms with Gasteiger partial charge in [-0.1, -0.05) is 15.9 Å². The highest BCUT2D eigenvalue weighted by atomic mass is 79.9. The van der Waals surface area contributed by atoms with E-state index in [-0.39, 0.29) is 6.04 Å². The topological polar surface area (TPSA) is 44.5 Å². The fourth-order valence-corrected chi connectivity index (χ4v) is 2.02. The minimum Gasteiger partial charge on any atom is -0.493 e. The van der Waals surface area contributed by atoms with Crippen LogP contribution >= 0.6 is 15.9 Å². The number of rotatable bonds is 3. The summed E-state index contributed by atoms with van der Waals surface area (Å²) < 4.78 is 11.4. The molecule has 1 rings (SSSR count). The minimum atomic E-state index is -0.102. The fourth-order valence-electron chi connectivity index (χ4n) is 1.35. The van der Waals surface area contributed by atoms with E-state index in [9.17, 15) is 0 Å². The summed E-state index contributed by atoms with van der Waals surface area (Å²) in [5.41, 5.74) is 6.77. The molecule has 0 aliphatic carbocycles. The van der Waals surface area contributed by atoms with Crippen molar-refractivity contribution in [2.45, 2.75) is 13.0 Å². The molecule has 0 aromatic heterocycles. The third-order valence-electron chi connectivity index (χ3n) is 1.99. The molecule has 0 fully saturated rings. The zero-order valence-electron chi connectivity index (χ0n) is 8.50. The number of hydrogen-bond donors (Lipinski definition) is 1. The summed E-state index contributed by atoms with van der Waals surface area (Å²) in [6.07, 6.45) is 0. The molecule has 1 atom stereocenters. The van der Waals surface area contributed by atoms with Crippen molar-refractivity contribution in [2.24, 2.45) is 5.73 Å². The molecular formula is C10H14BrNO2. The quantitative estimate of drug-likeness (QED) is 0.908. The fraction of sp³-hybridized carbons (Fsp3) is 0.400. The zero-order chi connectivity index (χ0) is 10.7. The Morgan fingerprint density at radius 1 is 1.29 bits per heavy atom. The molecule has 1 aromatic rings. The molecule has 0 radical (unpaired) electrons. The lowest BCUT2D eigenvalue weighted by atomic mass is 10.1. The summed E-state index contributed by atoms with van der Waals surface area (Å²) in [6.45, 7) is 1.90. The van der Waals surface area contributed by atoms with Gasteiger partial charge in [0.05, 0.1) is 14.2 Å². The SMILES string of the molecule is COc1ccc(Br)c(C(C)N)c1OC. The average Bonchev–Trinajstić information content (AvgIpc) is 2.16. The molecule has 1 aromatic carbocycles. The van der Waals surface area contributed by atoms with Crippen LogP contribution in [0.4, 0.5) is 0 Å². The van der Waals surface area contributed by atoms with Crippen molar-refractivity contribution in [3.63, 3.8) is 0 Å². The van der Waals surface area contributed by atoms with Gasteiger partial charge in [-0.3, -0.25) is 0 Å². The molecule has 0 saturated carbocycles. The zero-order valence-corrected chi connectivity index (χ0v) is 10.1. The predicted molar refractivity (Wildman–Crippen MR) is 59.8 cm³/mol. The Labute approximate surface area is 92.3 Å². The van der Waals surface area contributed by atoms with Gasteiger partial charge in [-0.2, -0.15) is 0 Å². The molecule has 4 heteroatoms. The van der Waals surface area contributed by atoms with E-state index in [0.717, 1.165) is 10.0 Å². The monoisotopic (exact) mass is 259 g/mol. The van der Waals surface area contributed by atoms with E-state index in [1.807, 2.05) is 19.1 Å². The second-order valence-corrected chi connectivity index (χ2v) is 3.84. The Kier molecular flexibility index (Phi) is 3.77. The normalized spacial score (nSPS) is 12.4. The van der Waals surface area contributed by atoms with Gasteiger partial charge in [0.2, 0.25) is 0 Å². The molecule has 3 nitrogen and oxygen atoms in total. The van der Waals surface area contributed by atoms with Gasteiger partial charge < -0.3 is 15.2 Å². The number of nitrogens with two attached hydrogens (primary N) is 1. The Morgan fingerprint density at radius 3 is 2.36 bits per heavy atom. The molecule has 2 N–H and O–H groups in total. The van der Waals surface area contributed by atoms with Crippen LogP contribution in [-0.4, -0.2) is 14.2 Å². The van der Waals surface area contributed by atoms with Crippen LogP contribution < -0.4 is 15.2 Å². The van der Waals surface area contributed by atoms with E-state index < -0.39 is 0 Å². The molecule has 1 unspecified atom stereocenters. The molecule has 0 spiro atoms. The summed E-state index contributed by atoms with van der Waals surface area (Å²) in [6, 6.07) is 3.64. The van der Waals surface area contributed by atoms with Crippen molar-refractivity contribution >= 4 is 15.9 Å². The Balaban J connectivity index is 3.35. The van der Waals surface area contributed by atoms with Gasteiger partial charge in [0.25, 0.3) is 0 Å². The summed E-state index contributed by atoms with van der Waals surface area (Å²) >= 11 is 3.44. The standard InChI is InChI=1S/C10H14BrNO2/c1-6(12)9-7(11)4-5-8(13-2)10(9)14-3/h4-6H,12H2,1-3H3. The first-order valence-corrected chi connectivity index (χ1v) is 5.07. The number of halogens is 1. The maximum absolute atomic E-state index is 5.85. The van der Waals surface area contributed by atoms with Crippen molar-refractivity contribution in [1.29, 1.82) is 0 Å². The lowest BCUT2D eigenvalue weighted by Gasteiger charge is -2.16. The average molecular weight is 260 g/mol. The summed E-state index contributed by atoms with van der Waals surface area (Å²) in [5, 5.41) is 0. The van der Waals surface area contributed by atoms with Crippen LogP contribution in [0.15, 0.2) is 16.6 Å². The van der Waals surface area contributed by atoms with Gasteiger partial charge in [0, 0.05) is 16.1 Å². The van der Waals surface area contributed by atoms with Crippen molar-refractivity contribution < 1.29 is 9.47 Å². The van der Waals surface area contributed by atoms with Gasteiger partial charge in [-0.05, 0) is 19.1 Å². The first kappa shape index (κ1) is 11.3. The first-order chi connectivity index (χ1) is 6.61. The van der Waals surface area contributed by atoms with Gasteiger partial charge in [-0.15, -0.1) is 0 Å². The summed E-state index contributed by atoms with van der Waals surface area (Å²) in [5.74, 6) is 1.39. The molecule has 78 valence electrons. The smallest absolute Gasteiger partial charge is 0.166 e. The molecular weight excluding hydrogens is 246 g/mol. The first-order valence-electron chi connectivity index (χ1n) is 4.27. The van der Waals surface area contributed by atoms with Crippen LogP contribution in [0, 0.1) is 0 Å². The van der Waals surface area contributed by atoms with E-state index in [4.69, 9.17) is 15.2 Å². The lowest BCUT2D eigenvalue weighted by Crippen LogP contribution is -2.08. The van der Waals surface area contributed by atoms with E-state index in [1.165, 1.54) is 0 Å². The maximum Gasteiger partial charge on any atom is 0.166 e. The maximum atomic E-state index is 5.85. The van der Waals surface area contributed by atoms with E-state index in [1.54, 1.807) is 14.2 Å². The van der Waals surface area contributed by atoms with Crippen LogP contribution in [0.5, 0.6) is 11.5 Å². The minimum absolute atomic E-state index is 0.102. The second kappa shape index (κ2) is 4.66. The summed E-state index contributed by atoms with van der Waals surface area (Å²) in [7, 11) is 3.22. The molecule has 14 heavy (non-hydrogen) atoms. The highest BCUT2D eigenvalue weighted by molar-refractivity contribution is 9.10. The van der Waals surface area contributed by atoms with Gasteiger partial charge in [0.15, 0.2) is 11.5 Å². The largest absolute Gasteiger partial charge is 0.493 e. The Morgan fingerprint density at radius 2 is 1.93 bits per heavy atom. The van der Waals surface area contributed by atoms with E-state index in [2.05, 4.69) is 15.9 Å². The molecule has 0 amide bonds. The molecule has 0 bridgehead atoms. The van der Waals surface area contributed by atoms with Crippen LogP contribution in [0.3, 0.4) is 0 Å². The predicted octanol–water partition coefficient (Wildman–Crippen LogP) is 2.49. The van der Waals surface area contributed by atoms with E-state index in [0.29, 0.717) is 11.5 Å². The number of benzene rings is 1. The van der Waals surface area contributed by atoms with Crippen molar-refractivity contribution in [3.8, 4) is 11.5 Å². The van der Waals surface area contributed by atoms with Crippen LogP contribution in [0.1, 0.15) is 18.5 Å². The van der Waals surface area contributed by atoms with Gasteiger partial charge in [0.1, 0.15) is 0 Å². The molecule has 0 aliphatic rings. The summed E-state index contributed by atoms with van der Waals surface area (Å²) in [4.78, 5) is 0. The number of methoxy groups -OCH3 is 2. The molecule has 0 heterocycles. The van der Waals surface area contributed by atoms with Crippen molar-refractivity contribution in [2.75, 3.05) is 14.2 Å². The molecule has 0 saturated heterocycles. The third-order valence-corrected chi connectivity index (χ3v) is 2.68. The number of ether oxygens (including phenoxy) is 2. The second-order valence-electron chi connectivity index (χ2n) is 2.99. The Bertz CT molecular complexity index is 326. The number of hydrogen-bond acceptors (Lipinski definition) is 3. The lowest BCUT2D eigenvalue weighted by molar-refractivity contribution is 0.349. The van der Waals surface area contributed by atoms with Crippen molar-refractivity contribution in [3.05, 3.63) is 22.2 Å². The molecule has 0 aliphatic heterocycles. The van der Waals surface area contributed by atoms with Crippen LogP contribution in [-0.2, 0) is 0 Å². The highest BCUT2D eigenvalue weighted by Gasteiger charge is 2.16. The van der Waals surface area contributed by atoms with Crippen LogP contribution in [0.2, 0.25) is 0 Å². The van der Waals surface area contributed by atoms with Crippen molar-refractivity contribution in [1.82, 2.24) is 0 Å². The van der Waals surface area contributed by atoms with Crippen LogP contribution in [0.25, 0.3) is 0 Å². The highest BCUT2D eigenvalue weighted by Crippen LogP contribution is 2.38. The van der Waals surface area contributed by atoms with Gasteiger partial charge in [-0.25, -0.2) is 0 Å². The van der Waals surface area contributed by atoms with E-state index >= 15 is 0 Å².